The molecule has 10 rings (SSSR count). The van der Waals surface area contributed by atoms with Gasteiger partial charge in [-0.3, -0.25) is 0 Å². The molecule has 0 bridgehead atoms. The van der Waals surface area contributed by atoms with Crippen molar-refractivity contribution >= 4 is 65.0 Å². The Bertz CT molecular complexity index is 3210. The molecule has 0 radical (unpaired) electrons. The molecule has 0 aliphatic rings. The molecule has 0 saturated heterocycles. The largest absolute Gasteiger partial charge is 0.456 e. The van der Waals surface area contributed by atoms with Gasteiger partial charge in [0.2, 0.25) is 0 Å². The molecule has 0 aliphatic heterocycles. The van der Waals surface area contributed by atoms with E-state index in [4.69, 9.17) is 9.90 Å². The molecular weight excluding hydrogens is 569 g/mol. The Balaban J connectivity index is 1.32. The summed E-state index contributed by atoms with van der Waals surface area (Å²) in [6, 6.07) is 36.5. The Kier molecular flexibility index (Phi) is 4.19. The van der Waals surface area contributed by atoms with E-state index in [1.165, 1.54) is 0 Å². The van der Waals surface area contributed by atoms with Crippen molar-refractivity contribution in [3.05, 3.63) is 170 Å². The molecule has 1 aromatic heterocycles. The van der Waals surface area contributed by atoms with Gasteiger partial charge >= 0.3 is 0 Å². The van der Waals surface area contributed by atoms with Crippen LogP contribution in [0.2, 0.25) is 0 Å². The molecule has 1 heteroatoms. The minimum Gasteiger partial charge on any atom is -0.456 e. The van der Waals surface area contributed by atoms with Crippen LogP contribution in [0, 0.1) is 0 Å². The van der Waals surface area contributed by atoms with Gasteiger partial charge in [0.05, 0.1) is 11.0 Å². The number of benzene rings is 9. The van der Waals surface area contributed by atoms with E-state index in [1.807, 2.05) is 72.8 Å². The van der Waals surface area contributed by atoms with Crippen molar-refractivity contribution in [2.24, 2.45) is 0 Å². The molecule has 10 aromatic rings. The second-order valence-electron chi connectivity index (χ2n) is 11.8. The standard InChI is InChI=1S/C46H28O/c1-2-12-34-29(10-1)20-23-31-11-9-18-35(44(31)34)30-21-24-32(25-22-30)45-37-14-3-5-16-39(37)46(40-17-6-4-15-38(40)45)33-26-27-43-41(28-33)36-13-7-8-19-42(36)47-43/h1-28H/i3D,4D,5D,6D,14D,15D,16D,17D. The first kappa shape index (κ1) is 19.4. The zero-order chi connectivity index (χ0) is 37.9. The summed E-state index contributed by atoms with van der Waals surface area (Å²) < 4.78 is 78.5. The summed E-state index contributed by atoms with van der Waals surface area (Å²) >= 11 is 0. The first-order valence-electron chi connectivity index (χ1n) is 19.5. The van der Waals surface area contributed by atoms with Gasteiger partial charge in [-0.25, -0.2) is 0 Å². The van der Waals surface area contributed by atoms with Gasteiger partial charge in [0, 0.05) is 10.8 Å². The summed E-state index contributed by atoms with van der Waals surface area (Å²) in [5, 5.41) is 6.80. The van der Waals surface area contributed by atoms with Gasteiger partial charge in [-0.2, -0.15) is 0 Å². The number of furan rings is 1. The Morgan fingerprint density at radius 1 is 0.383 bits per heavy atom. The van der Waals surface area contributed by atoms with Crippen molar-refractivity contribution in [2.75, 3.05) is 0 Å². The average Bonchev–Trinajstić information content (AvgIpc) is 3.60. The number of fused-ring (bicyclic) bond motifs is 8. The SMILES string of the molecule is [2H]c1c([2H])c([2H])c2c(-c3ccc4oc5ccccc5c4c3)c3c([2H])c([2H])c([2H])c([2H])c3c(-c3ccc(-c4cccc5ccc6ccccc6c45)cc3)c2c1[2H]. The van der Waals surface area contributed by atoms with Gasteiger partial charge in [-0.05, 0) is 94.7 Å². The summed E-state index contributed by atoms with van der Waals surface area (Å²) in [4.78, 5) is 0. The number of rotatable bonds is 3. The van der Waals surface area contributed by atoms with E-state index in [0.717, 1.165) is 43.4 Å². The Morgan fingerprint density at radius 3 is 1.68 bits per heavy atom. The number of hydrogen-bond acceptors (Lipinski definition) is 1. The highest BCUT2D eigenvalue weighted by Gasteiger charge is 2.18. The quantitative estimate of drug-likeness (QED) is 0.144. The minimum absolute atomic E-state index is 0.176. The molecule has 218 valence electrons. The van der Waals surface area contributed by atoms with Crippen molar-refractivity contribution in [1.82, 2.24) is 0 Å². The van der Waals surface area contributed by atoms with Crippen LogP contribution in [-0.2, 0) is 0 Å². The second kappa shape index (κ2) is 10.2. The lowest BCUT2D eigenvalue weighted by molar-refractivity contribution is 0.669. The highest BCUT2D eigenvalue weighted by atomic mass is 16.3. The zero-order valence-electron chi connectivity index (χ0n) is 33.0. The monoisotopic (exact) mass is 604 g/mol. The highest BCUT2D eigenvalue weighted by Crippen LogP contribution is 2.45. The third kappa shape index (κ3) is 3.97. The maximum Gasteiger partial charge on any atom is 0.135 e. The third-order valence-electron chi connectivity index (χ3n) is 9.29. The summed E-state index contributed by atoms with van der Waals surface area (Å²) in [5.41, 5.74) is 4.98. The van der Waals surface area contributed by atoms with E-state index >= 15 is 0 Å². The van der Waals surface area contributed by atoms with Crippen LogP contribution in [0.1, 0.15) is 11.0 Å². The van der Waals surface area contributed by atoms with Gasteiger partial charge in [0.15, 0.2) is 0 Å². The molecule has 1 heterocycles. The molecule has 0 spiro atoms. The van der Waals surface area contributed by atoms with E-state index < -0.39 is 24.2 Å². The zero-order valence-corrected chi connectivity index (χ0v) is 25.0. The van der Waals surface area contributed by atoms with Crippen LogP contribution in [0.25, 0.3) is 98.4 Å². The smallest absolute Gasteiger partial charge is 0.135 e. The molecule has 0 fully saturated rings. The van der Waals surface area contributed by atoms with Crippen LogP contribution < -0.4 is 0 Å². The molecule has 0 unspecified atom stereocenters. The van der Waals surface area contributed by atoms with Crippen LogP contribution in [0.3, 0.4) is 0 Å². The molecule has 0 aliphatic carbocycles. The van der Waals surface area contributed by atoms with Gasteiger partial charge < -0.3 is 4.42 Å². The van der Waals surface area contributed by atoms with Crippen molar-refractivity contribution in [3.8, 4) is 33.4 Å². The van der Waals surface area contributed by atoms with Gasteiger partial charge in [0.1, 0.15) is 11.2 Å². The lowest BCUT2D eigenvalue weighted by Crippen LogP contribution is -1.91. The topological polar surface area (TPSA) is 13.1 Å². The van der Waals surface area contributed by atoms with E-state index in [0.29, 0.717) is 33.4 Å². The first-order valence-corrected chi connectivity index (χ1v) is 15.5. The lowest BCUT2D eigenvalue weighted by atomic mass is 9.85. The van der Waals surface area contributed by atoms with Crippen molar-refractivity contribution < 1.29 is 15.4 Å². The predicted molar refractivity (Wildman–Crippen MR) is 200 cm³/mol. The molecule has 47 heavy (non-hydrogen) atoms. The van der Waals surface area contributed by atoms with Crippen LogP contribution in [0.15, 0.2) is 174 Å². The van der Waals surface area contributed by atoms with Gasteiger partial charge in [0.25, 0.3) is 0 Å². The van der Waals surface area contributed by atoms with Gasteiger partial charge in [-0.1, -0.05) is 151 Å². The summed E-state index contributed by atoms with van der Waals surface area (Å²) in [7, 11) is 0. The Morgan fingerprint density at radius 2 is 0.936 bits per heavy atom. The minimum atomic E-state index is -0.432. The average molecular weight is 605 g/mol. The van der Waals surface area contributed by atoms with Crippen molar-refractivity contribution in [2.45, 2.75) is 0 Å². The highest BCUT2D eigenvalue weighted by molar-refractivity contribution is 6.22. The van der Waals surface area contributed by atoms with E-state index in [1.54, 1.807) is 12.1 Å². The fourth-order valence-electron chi connectivity index (χ4n) is 7.20. The maximum atomic E-state index is 9.33. The van der Waals surface area contributed by atoms with Crippen molar-refractivity contribution in [1.29, 1.82) is 0 Å². The third-order valence-corrected chi connectivity index (χ3v) is 9.29. The summed E-state index contributed by atoms with van der Waals surface area (Å²) in [5.74, 6) is 0. The normalized spacial score (nSPS) is 14.2. The first-order chi connectivity index (χ1) is 26.6. The Labute approximate surface area is 283 Å². The molecule has 0 N–H and O–H groups in total. The molecule has 0 saturated carbocycles. The van der Waals surface area contributed by atoms with Crippen LogP contribution >= 0.6 is 0 Å². The molecule has 0 atom stereocenters. The van der Waals surface area contributed by atoms with Gasteiger partial charge in [-0.15, -0.1) is 0 Å². The summed E-state index contributed by atoms with van der Waals surface area (Å²) in [6.45, 7) is 0. The number of hydrogen-bond donors (Lipinski definition) is 0. The lowest BCUT2D eigenvalue weighted by Gasteiger charge is -2.18. The fourth-order valence-corrected chi connectivity index (χ4v) is 7.20. The van der Waals surface area contributed by atoms with E-state index in [9.17, 15) is 5.48 Å². The second-order valence-corrected chi connectivity index (χ2v) is 11.8. The maximum absolute atomic E-state index is 9.33. The molecule has 9 aromatic carbocycles. The van der Waals surface area contributed by atoms with E-state index in [-0.39, 0.29) is 45.7 Å². The Hall–Kier alpha value is -6.18. The van der Waals surface area contributed by atoms with Crippen LogP contribution in [-0.4, -0.2) is 0 Å². The molecule has 1 nitrogen and oxygen atoms in total. The van der Waals surface area contributed by atoms with Crippen LogP contribution in [0.4, 0.5) is 0 Å². The van der Waals surface area contributed by atoms with Crippen molar-refractivity contribution in [3.63, 3.8) is 0 Å². The number of para-hydroxylation sites is 1. The molecular formula is C46H28O. The fraction of sp³-hybridized carbons (Fsp3) is 0. The predicted octanol–water partition coefficient (Wildman–Crippen LogP) is 13.2. The van der Waals surface area contributed by atoms with E-state index in [2.05, 4.69) is 36.4 Å². The summed E-state index contributed by atoms with van der Waals surface area (Å²) in [6.07, 6.45) is 0. The molecule has 0 amide bonds. The van der Waals surface area contributed by atoms with Crippen LogP contribution in [0.5, 0.6) is 0 Å².